The largest absolute Gasteiger partial charge is 0.326 e. The molecule has 0 aromatic heterocycles. The molecule has 2 aromatic carbocycles. The normalized spacial score (nSPS) is 10.7. The summed E-state index contributed by atoms with van der Waals surface area (Å²) in [6, 6.07) is 7.46. The molecule has 1 nitrogen and oxygen atoms in total. The summed E-state index contributed by atoms with van der Waals surface area (Å²) in [5.74, 6) is -1.67. The minimum Gasteiger partial charge on any atom is -0.326 e. The maximum absolute atomic E-state index is 13.5. The second-order valence-electron chi connectivity index (χ2n) is 3.63. The Morgan fingerprint density at radius 1 is 0.889 bits per heavy atom. The molecule has 0 fully saturated rings. The molecule has 0 spiro atoms. The van der Waals surface area contributed by atoms with E-state index in [1.807, 2.05) is 0 Å². The van der Waals surface area contributed by atoms with Crippen molar-refractivity contribution < 1.29 is 13.2 Å². The van der Waals surface area contributed by atoms with Gasteiger partial charge in [-0.2, -0.15) is 0 Å². The van der Waals surface area contributed by atoms with Gasteiger partial charge >= 0.3 is 0 Å². The van der Waals surface area contributed by atoms with E-state index in [0.717, 1.165) is 17.8 Å². The third kappa shape index (κ3) is 2.86. The van der Waals surface area contributed by atoms with Crippen molar-refractivity contribution in [2.24, 2.45) is 5.73 Å². The Morgan fingerprint density at radius 2 is 1.50 bits per heavy atom. The van der Waals surface area contributed by atoms with Crippen LogP contribution in [0.3, 0.4) is 0 Å². The smallest absolute Gasteiger partial charge is 0.140 e. The molecule has 0 bridgehead atoms. The Hall–Kier alpha value is -1.46. The van der Waals surface area contributed by atoms with Gasteiger partial charge in [-0.25, -0.2) is 13.2 Å². The molecule has 0 radical (unpaired) electrons. The van der Waals surface area contributed by atoms with E-state index in [1.165, 1.54) is 30.3 Å². The number of rotatable bonds is 3. The fraction of sp³-hybridized carbons (Fsp3) is 0.0769. The van der Waals surface area contributed by atoms with Crippen LogP contribution in [-0.2, 0) is 6.54 Å². The molecule has 0 saturated carbocycles. The zero-order chi connectivity index (χ0) is 13.1. The predicted molar refractivity (Wildman–Crippen MR) is 64.8 cm³/mol. The topological polar surface area (TPSA) is 26.0 Å². The molecule has 5 heteroatoms. The van der Waals surface area contributed by atoms with Gasteiger partial charge in [-0.3, -0.25) is 0 Å². The first-order valence-electron chi connectivity index (χ1n) is 5.21. The third-order valence-electron chi connectivity index (χ3n) is 2.36. The summed E-state index contributed by atoms with van der Waals surface area (Å²) in [7, 11) is 0. The van der Waals surface area contributed by atoms with Gasteiger partial charge in [-0.1, -0.05) is 11.8 Å². The molecule has 2 aromatic rings. The molecule has 0 aliphatic heterocycles. The Balaban J connectivity index is 2.33. The quantitative estimate of drug-likeness (QED) is 0.919. The molecule has 18 heavy (non-hydrogen) atoms. The molecule has 0 saturated heterocycles. The van der Waals surface area contributed by atoms with E-state index >= 15 is 0 Å². The highest BCUT2D eigenvalue weighted by Gasteiger charge is 2.09. The summed E-state index contributed by atoms with van der Waals surface area (Å²) in [4.78, 5) is 0.933. The lowest BCUT2D eigenvalue weighted by atomic mass is 10.2. The van der Waals surface area contributed by atoms with Crippen molar-refractivity contribution in [2.75, 3.05) is 0 Å². The van der Waals surface area contributed by atoms with E-state index < -0.39 is 11.6 Å². The van der Waals surface area contributed by atoms with E-state index in [9.17, 15) is 13.2 Å². The van der Waals surface area contributed by atoms with Crippen molar-refractivity contribution in [1.82, 2.24) is 0 Å². The van der Waals surface area contributed by atoms with Gasteiger partial charge in [-0.15, -0.1) is 0 Å². The van der Waals surface area contributed by atoms with E-state index in [-0.39, 0.29) is 17.3 Å². The van der Waals surface area contributed by atoms with Crippen LogP contribution in [0.5, 0.6) is 0 Å². The predicted octanol–water partition coefficient (Wildman–Crippen LogP) is 3.71. The number of hydrogen-bond donors (Lipinski definition) is 1. The SMILES string of the molecule is NCc1cc(F)ccc1Sc1ccc(F)cc1F. The third-order valence-corrected chi connectivity index (χ3v) is 3.53. The van der Waals surface area contributed by atoms with Gasteiger partial charge in [0.2, 0.25) is 0 Å². The summed E-state index contributed by atoms with van der Waals surface area (Å²) in [6.07, 6.45) is 0. The first kappa shape index (κ1) is 13.0. The molecule has 0 unspecified atom stereocenters. The Morgan fingerprint density at radius 3 is 2.11 bits per heavy atom. The van der Waals surface area contributed by atoms with Gasteiger partial charge in [0.05, 0.1) is 0 Å². The summed E-state index contributed by atoms with van der Waals surface area (Å²) < 4.78 is 39.3. The molecule has 0 aliphatic rings. The van der Waals surface area contributed by atoms with Crippen LogP contribution in [0.1, 0.15) is 5.56 Å². The van der Waals surface area contributed by atoms with Gasteiger partial charge in [-0.05, 0) is 35.9 Å². The van der Waals surface area contributed by atoms with Gasteiger partial charge < -0.3 is 5.73 Å². The van der Waals surface area contributed by atoms with E-state index in [1.54, 1.807) is 0 Å². The fourth-order valence-electron chi connectivity index (χ4n) is 1.48. The Bertz CT molecular complexity index is 572. The van der Waals surface area contributed by atoms with Crippen LogP contribution in [-0.4, -0.2) is 0 Å². The Kier molecular flexibility index (Phi) is 3.93. The highest BCUT2D eigenvalue weighted by atomic mass is 32.2. The van der Waals surface area contributed by atoms with Crippen molar-refractivity contribution in [3.8, 4) is 0 Å². The maximum Gasteiger partial charge on any atom is 0.140 e. The summed E-state index contributed by atoms with van der Waals surface area (Å²) in [5, 5.41) is 0. The van der Waals surface area contributed by atoms with E-state index in [4.69, 9.17) is 5.73 Å². The van der Waals surface area contributed by atoms with Crippen LogP contribution in [0.25, 0.3) is 0 Å². The zero-order valence-corrected chi connectivity index (χ0v) is 10.1. The lowest BCUT2D eigenvalue weighted by molar-refractivity contribution is 0.565. The summed E-state index contributed by atoms with van der Waals surface area (Å²) >= 11 is 1.09. The van der Waals surface area contributed by atoms with Crippen molar-refractivity contribution in [3.05, 3.63) is 59.4 Å². The molecule has 0 heterocycles. The highest BCUT2D eigenvalue weighted by molar-refractivity contribution is 7.99. The van der Waals surface area contributed by atoms with Crippen LogP contribution < -0.4 is 5.73 Å². The fourth-order valence-corrected chi connectivity index (χ4v) is 2.42. The van der Waals surface area contributed by atoms with Gasteiger partial charge in [0.1, 0.15) is 17.5 Å². The van der Waals surface area contributed by atoms with Crippen LogP contribution in [0.4, 0.5) is 13.2 Å². The highest BCUT2D eigenvalue weighted by Crippen LogP contribution is 2.32. The van der Waals surface area contributed by atoms with Crippen LogP contribution >= 0.6 is 11.8 Å². The van der Waals surface area contributed by atoms with Crippen molar-refractivity contribution in [1.29, 1.82) is 0 Å². The monoisotopic (exact) mass is 269 g/mol. The second-order valence-corrected chi connectivity index (χ2v) is 4.72. The Labute approximate surface area is 107 Å². The van der Waals surface area contributed by atoms with Gasteiger partial charge in [0.15, 0.2) is 0 Å². The maximum atomic E-state index is 13.5. The van der Waals surface area contributed by atoms with Crippen molar-refractivity contribution in [2.45, 2.75) is 16.3 Å². The minimum absolute atomic E-state index is 0.156. The molecule has 2 rings (SSSR count). The van der Waals surface area contributed by atoms with Crippen molar-refractivity contribution >= 4 is 11.8 Å². The second kappa shape index (κ2) is 5.46. The first-order chi connectivity index (χ1) is 8.60. The minimum atomic E-state index is -0.646. The van der Waals surface area contributed by atoms with Crippen LogP contribution in [0.15, 0.2) is 46.2 Å². The lowest BCUT2D eigenvalue weighted by Crippen LogP contribution is -1.99. The zero-order valence-electron chi connectivity index (χ0n) is 9.29. The molecular weight excluding hydrogens is 259 g/mol. The summed E-state index contributed by atoms with van der Waals surface area (Å²) in [6.45, 7) is 0.156. The number of halogens is 3. The van der Waals surface area contributed by atoms with Crippen LogP contribution in [0.2, 0.25) is 0 Å². The van der Waals surface area contributed by atoms with Crippen molar-refractivity contribution in [3.63, 3.8) is 0 Å². The molecule has 0 aliphatic carbocycles. The molecule has 0 atom stereocenters. The molecule has 0 amide bonds. The summed E-state index contributed by atoms with van der Waals surface area (Å²) in [5.41, 5.74) is 6.09. The van der Waals surface area contributed by atoms with E-state index in [0.29, 0.717) is 10.5 Å². The molecular formula is C13H10F3NS. The first-order valence-corrected chi connectivity index (χ1v) is 6.03. The van der Waals surface area contributed by atoms with Gasteiger partial charge in [0.25, 0.3) is 0 Å². The molecule has 94 valence electrons. The van der Waals surface area contributed by atoms with Crippen LogP contribution in [0, 0.1) is 17.5 Å². The van der Waals surface area contributed by atoms with Gasteiger partial charge in [0, 0.05) is 22.4 Å². The van der Waals surface area contributed by atoms with E-state index in [2.05, 4.69) is 0 Å². The average Bonchev–Trinajstić information content (AvgIpc) is 2.34. The average molecular weight is 269 g/mol. The molecule has 2 N–H and O–H groups in total. The lowest BCUT2D eigenvalue weighted by Gasteiger charge is -2.08. The standard InChI is InChI=1S/C13H10F3NS/c14-9-1-3-12(8(5-9)7-17)18-13-4-2-10(15)6-11(13)16/h1-6H,7,17H2. The number of hydrogen-bond acceptors (Lipinski definition) is 2. The number of nitrogens with two attached hydrogens (primary N) is 1. The number of benzene rings is 2.